The molecule has 1 saturated heterocycles. The summed E-state index contributed by atoms with van der Waals surface area (Å²) in [5.41, 5.74) is 1.42. The number of ether oxygens (including phenoxy) is 3. The summed E-state index contributed by atoms with van der Waals surface area (Å²) in [7, 11) is 0. The smallest absolute Gasteiger partial charge is 0.408 e. The van der Waals surface area contributed by atoms with Crippen LogP contribution in [-0.4, -0.2) is 43.0 Å². The highest BCUT2D eigenvalue weighted by Crippen LogP contribution is 2.29. The third-order valence-electron chi connectivity index (χ3n) is 5.83. The number of carbonyl (C=O) groups excluding carboxylic acids is 2. The highest BCUT2D eigenvalue weighted by Gasteiger charge is 2.35. The van der Waals surface area contributed by atoms with E-state index >= 15 is 0 Å². The fourth-order valence-corrected chi connectivity index (χ4v) is 4.17. The molecule has 1 N–H and O–H groups in total. The Kier molecular flexibility index (Phi) is 8.67. The predicted molar refractivity (Wildman–Crippen MR) is 127 cm³/mol. The fourth-order valence-electron chi connectivity index (χ4n) is 4.17. The Morgan fingerprint density at radius 3 is 2.32 bits per heavy atom. The Hall–Kier alpha value is -2.93. The Morgan fingerprint density at radius 2 is 1.68 bits per heavy atom. The molecule has 0 aromatic heterocycles. The Labute approximate surface area is 200 Å². The van der Waals surface area contributed by atoms with Gasteiger partial charge >= 0.3 is 12.1 Å². The second-order valence-electron chi connectivity index (χ2n) is 9.82. The van der Waals surface area contributed by atoms with Gasteiger partial charge in [-0.25, -0.2) is 14.0 Å². The van der Waals surface area contributed by atoms with Crippen LogP contribution in [0.3, 0.4) is 0 Å². The number of nitrogens with one attached hydrogen (secondary N) is 1. The Bertz CT molecular complexity index is 942. The van der Waals surface area contributed by atoms with Crippen molar-refractivity contribution in [2.45, 2.75) is 58.3 Å². The van der Waals surface area contributed by atoms with E-state index in [4.69, 9.17) is 14.2 Å². The van der Waals surface area contributed by atoms with Gasteiger partial charge in [0, 0.05) is 5.92 Å². The Morgan fingerprint density at radius 1 is 1.03 bits per heavy atom. The Balaban J connectivity index is 1.80. The van der Waals surface area contributed by atoms with Crippen LogP contribution in [0.25, 0.3) is 0 Å². The summed E-state index contributed by atoms with van der Waals surface area (Å²) < 4.78 is 30.5. The maximum absolute atomic E-state index is 13.4. The number of benzene rings is 2. The zero-order valence-electron chi connectivity index (χ0n) is 20.3. The molecule has 1 fully saturated rings. The predicted octanol–water partition coefficient (Wildman–Crippen LogP) is 4.70. The maximum Gasteiger partial charge on any atom is 0.408 e. The van der Waals surface area contributed by atoms with Crippen molar-refractivity contribution in [3.05, 3.63) is 71.5 Å². The minimum Gasteiger partial charge on any atom is -0.461 e. The van der Waals surface area contributed by atoms with Crippen LogP contribution in [0.5, 0.6) is 0 Å². The quantitative estimate of drug-likeness (QED) is 0.640. The number of cyclic esters (lactones) is 1. The minimum atomic E-state index is -0.973. The van der Waals surface area contributed by atoms with Gasteiger partial charge in [0.1, 0.15) is 17.5 Å². The second kappa shape index (κ2) is 11.5. The van der Waals surface area contributed by atoms with E-state index in [-0.39, 0.29) is 24.3 Å². The molecule has 1 heterocycles. The van der Waals surface area contributed by atoms with Gasteiger partial charge in [-0.3, -0.25) is 0 Å². The molecule has 2 aromatic rings. The van der Waals surface area contributed by atoms with Crippen molar-refractivity contribution in [2.75, 3.05) is 13.2 Å². The number of halogens is 1. The van der Waals surface area contributed by atoms with Crippen molar-refractivity contribution < 1.29 is 28.2 Å². The molecule has 0 spiro atoms. The number of hydrogen-bond acceptors (Lipinski definition) is 5. The highest BCUT2D eigenvalue weighted by atomic mass is 19.1. The van der Waals surface area contributed by atoms with Gasteiger partial charge in [0.05, 0.1) is 13.2 Å². The van der Waals surface area contributed by atoms with E-state index in [2.05, 4.69) is 17.4 Å². The van der Waals surface area contributed by atoms with Crippen LogP contribution < -0.4 is 5.32 Å². The van der Waals surface area contributed by atoms with Crippen LogP contribution in [0.4, 0.5) is 9.18 Å². The summed E-state index contributed by atoms with van der Waals surface area (Å²) in [6.07, 6.45) is 0.183. The lowest BCUT2D eigenvalue weighted by Gasteiger charge is -2.31. The zero-order chi connectivity index (χ0) is 24.7. The molecule has 0 aliphatic carbocycles. The lowest BCUT2D eigenvalue weighted by molar-refractivity contribution is -0.154. The van der Waals surface area contributed by atoms with Crippen LogP contribution in [-0.2, 0) is 31.8 Å². The summed E-state index contributed by atoms with van der Waals surface area (Å²) in [5, 5.41) is 2.57. The van der Waals surface area contributed by atoms with E-state index < -0.39 is 29.8 Å². The van der Waals surface area contributed by atoms with E-state index in [0.29, 0.717) is 13.0 Å². The fraction of sp³-hybridized carbons (Fsp3) is 0.481. The molecule has 1 amide bonds. The van der Waals surface area contributed by atoms with Gasteiger partial charge in [-0.05, 0) is 69.7 Å². The van der Waals surface area contributed by atoms with Crippen LogP contribution in [0.1, 0.15) is 38.8 Å². The van der Waals surface area contributed by atoms with Crippen molar-refractivity contribution in [2.24, 2.45) is 11.8 Å². The first-order valence-electron chi connectivity index (χ1n) is 11.7. The van der Waals surface area contributed by atoms with E-state index in [0.717, 1.165) is 17.5 Å². The van der Waals surface area contributed by atoms with Gasteiger partial charge in [0.25, 0.3) is 0 Å². The topological polar surface area (TPSA) is 73.9 Å². The first kappa shape index (κ1) is 25.7. The lowest BCUT2D eigenvalue weighted by atomic mass is 9.80. The molecule has 1 aliphatic rings. The number of hydrogen-bond donors (Lipinski definition) is 1. The van der Waals surface area contributed by atoms with Gasteiger partial charge in [-0.2, -0.15) is 0 Å². The largest absolute Gasteiger partial charge is 0.461 e. The molecular formula is C27H34FNO5. The zero-order valence-corrected chi connectivity index (χ0v) is 20.3. The average Bonchev–Trinajstić information content (AvgIpc) is 2.80. The van der Waals surface area contributed by atoms with E-state index in [1.165, 1.54) is 12.1 Å². The molecule has 34 heavy (non-hydrogen) atoms. The molecule has 3 rings (SSSR count). The van der Waals surface area contributed by atoms with Crippen LogP contribution in [0, 0.1) is 17.7 Å². The summed E-state index contributed by atoms with van der Waals surface area (Å²) in [6.45, 7) is 7.48. The van der Waals surface area contributed by atoms with E-state index in [1.54, 1.807) is 32.9 Å². The average molecular weight is 472 g/mol. The normalized spacial score (nSPS) is 23.7. The number of carbonyl (C=O) groups is 2. The van der Waals surface area contributed by atoms with Gasteiger partial charge < -0.3 is 19.5 Å². The van der Waals surface area contributed by atoms with E-state index in [9.17, 15) is 14.0 Å². The molecule has 184 valence electrons. The standard InChI is InChI=1S/C27H34FNO5/c1-18-23(15-20-10-12-22(28)13-11-20)21(14-19-8-6-5-7-9-19)16-32-17-24(25(30)33-18)29-26(31)34-27(2,3)4/h5-13,18,21,23-24H,14-17H2,1-4H3,(H,29,31)/t18-,21-,23-,24-/m0/s1. The molecule has 2 aromatic carbocycles. The van der Waals surface area contributed by atoms with Crippen molar-refractivity contribution in [1.82, 2.24) is 5.32 Å². The lowest BCUT2D eigenvalue weighted by Crippen LogP contribution is -2.47. The molecule has 0 radical (unpaired) electrons. The summed E-state index contributed by atoms with van der Waals surface area (Å²) in [6, 6.07) is 15.5. The first-order chi connectivity index (χ1) is 16.1. The maximum atomic E-state index is 13.4. The van der Waals surface area contributed by atoms with Crippen molar-refractivity contribution in [3.8, 4) is 0 Å². The van der Waals surface area contributed by atoms with Crippen LogP contribution in [0.2, 0.25) is 0 Å². The third-order valence-corrected chi connectivity index (χ3v) is 5.83. The molecule has 0 bridgehead atoms. The minimum absolute atomic E-state index is 0.0145. The van der Waals surface area contributed by atoms with Crippen molar-refractivity contribution >= 4 is 12.1 Å². The van der Waals surface area contributed by atoms with Gasteiger partial charge in [-0.1, -0.05) is 42.5 Å². The van der Waals surface area contributed by atoms with E-state index in [1.807, 2.05) is 25.1 Å². The SMILES string of the molecule is C[C@@H]1OC(=O)[C@@H](NC(=O)OC(C)(C)C)COC[C@H](Cc2ccccc2)[C@H]1Cc1ccc(F)cc1. The monoisotopic (exact) mass is 471 g/mol. The summed E-state index contributed by atoms with van der Waals surface area (Å²) in [4.78, 5) is 25.2. The summed E-state index contributed by atoms with van der Waals surface area (Å²) in [5.74, 6) is -0.897. The molecular weight excluding hydrogens is 437 g/mol. The molecule has 1 aliphatic heterocycles. The first-order valence-corrected chi connectivity index (χ1v) is 11.7. The van der Waals surface area contributed by atoms with Crippen molar-refractivity contribution in [1.29, 1.82) is 0 Å². The number of rotatable bonds is 5. The highest BCUT2D eigenvalue weighted by molar-refractivity contribution is 5.81. The molecule has 0 unspecified atom stereocenters. The molecule has 0 saturated carbocycles. The molecule has 6 nitrogen and oxygen atoms in total. The summed E-state index contributed by atoms with van der Waals surface area (Å²) >= 11 is 0. The number of esters is 1. The van der Waals surface area contributed by atoms with Gasteiger partial charge in [-0.15, -0.1) is 0 Å². The van der Waals surface area contributed by atoms with Gasteiger partial charge in [0.2, 0.25) is 0 Å². The van der Waals surface area contributed by atoms with Gasteiger partial charge in [0.15, 0.2) is 6.04 Å². The number of alkyl carbamates (subject to hydrolysis) is 1. The number of amides is 1. The molecule has 4 atom stereocenters. The second-order valence-corrected chi connectivity index (χ2v) is 9.82. The van der Waals surface area contributed by atoms with Crippen LogP contribution in [0.15, 0.2) is 54.6 Å². The van der Waals surface area contributed by atoms with Crippen LogP contribution >= 0.6 is 0 Å². The molecule has 7 heteroatoms. The third kappa shape index (κ3) is 7.83. The van der Waals surface area contributed by atoms with Crippen molar-refractivity contribution in [3.63, 3.8) is 0 Å².